The molecule has 76 valence electrons. The lowest BCUT2D eigenvalue weighted by Gasteiger charge is -2.30. The molecule has 0 aliphatic heterocycles. The van der Waals surface area contributed by atoms with Crippen LogP contribution in [0, 0.1) is 0 Å². The quantitative estimate of drug-likeness (QED) is 0.785. The molecule has 0 heterocycles. The molecule has 0 saturated heterocycles. The average molecular weight is 191 g/mol. The molecule has 1 atom stereocenters. The minimum atomic E-state index is 0.694. The second-order valence-corrected chi connectivity index (χ2v) is 3.77. The van der Waals surface area contributed by atoms with E-state index in [1.54, 1.807) is 7.11 Å². The zero-order valence-corrected chi connectivity index (χ0v) is 8.84. The van der Waals surface area contributed by atoms with Crippen LogP contribution in [0.25, 0.3) is 0 Å². The van der Waals surface area contributed by atoms with E-state index in [-0.39, 0.29) is 0 Å². The molecule has 14 heavy (non-hydrogen) atoms. The van der Waals surface area contributed by atoms with Crippen molar-refractivity contribution in [2.24, 2.45) is 0 Å². The summed E-state index contributed by atoms with van der Waals surface area (Å²) in [5.41, 5.74) is 2.94. The van der Waals surface area contributed by atoms with Gasteiger partial charge in [-0.15, -0.1) is 0 Å². The maximum Gasteiger partial charge on any atom is 0.119 e. The summed E-state index contributed by atoms with van der Waals surface area (Å²) in [4.78, 5) is 0. The van der Waals surface area contributed by atoms with E-state index in [0.717, 1.165) is 18.8 Å². The van der Waals surface area contributed by atoms with Gasteiger partial charge in [0.15, 0.2) is 0 Å². The summed E-state index contributed by atoms with van der Waals surface area (Å²) >= 11 is 0. The number of fused-ring (bicyclic) bond motifs is 1. The zero-order valence-electron chi connectivity index (χ0n) is 8.84. The lowest BCUT2D eigenvalue weighted by atomic mass is 9.77. The molecular weight excluding hydrogens is 174 g/mol. The Kier molecular flexibility index (Phi) is 2.73. The number of rotatable bonds is 4. The van der Waals surface area contributed by atoms with E-state index in [4.69, 9.17) is 4.74 Å². The SMILES string of the molecule is CCNCC1Cc2ccc(OC)cc21. The van der Waals surface area contributed by atoms with E-state index in [0.29, 0.717) is 5.92 Å². The maximum atomic E-state index is 5.22. The standard InChI is InChI=1S/C12H17NO/c1-3-13-8-10-6-9-4-5-11(14-2)7-12(9)10/h4-5,7,10,13H,3,6,8H2,1-2H3. The Labute approximate surface area is 85.3 Å². The van der Waals surface area contributed by atoms with Crippen molar-refractivity contribution in [1.29, 1.82) is 0 Å². The number of hydrogen-bond acceptors (Lipinski definition) is 2. The van der Waals surface area contributed by atoms with Crippen molar-refractivity contribution >= 4 is 0 Å². The van der Waals surface area contributed by atoms with Crippen LogP contribution in [0.5, 0.6) is 5.75 Å². The molecule has 0 bridgehead atoms. The molecule has 1 aromatic rings. The molecule has 0 amide bonds. The van der Waals surface area contributed by atoms with Crippen molar-refractivity contribution in [3.8, 4) is 5.75 Å². The molecule has 1 aromatic carbocycles. The third kappa shape index (κ3) is 1.62. The Hall–Kier alpha value is -1.02. The molecule has 0 spiro atoms. The fourth-order valence-electron chi connectivity index (χ4n) is 2.01. The Morgan fingerprint density at radius 2 is 2.36 bits per heavy atom. The third-order valence-electron chi connectivity index (χ3n) is 2.90. The summed E-state index contributed by atoms with van der Waals surface area (Å²) in [7, 11) is 1.72. The first-order chi connectivity index (χ1) is 6.85. The molecule has 1 unspecified atom stereocenters. The maximum absolute atomic E-state index is 5.22. The number of methoxy groups -OCH3 is 1. The van der Waals surface area contributed by atoms with Crippen molar-refractivity contribution in [1.82, 2.24) is 5.32 Å². The Morgan fingerprint density at radius 3 is 3.07 bits per heavy atom. The Morgan fingerprint density at radius 1 is 1.50 bits per heavy atom. The molecular formula is C12H17NO. The van der Waals surface area contributed by atoms with Gasteiger partial charge in [-0.05, 0) is 36.2 Å². The van der Waals surface area contributed by atoms with Crippen molar-refractivity contribution in [3.63, 3.8) is 0 Å². The predicted molar refractivity (Wildman–Crippen MR) is 58.0 cm³/mol. The molecule has 1 aliphatic carbocycles. The smallest absolute Gasteiger partial charge is 0.119 e. The van der Waals surface area contributed by atoms with E-state index in [1.807, 2.05) is 6.07 Å². The molecule has 0 aromatic heterocycles. The van der Waals surface area contributed by atoms with Gasteiger partial charge in [0.1, 0.15) is 5.75 Å². The minimum absolute atomic E-state index is 0.694. The molecule has 0 saturated carbocycles. The fraction of sp³-hybridized carbons (Fsp3) is 0.500. The predicted octanol–water partition coefficient (Wildman–Crippen LogP) is 1.94. The highest BCUT2D eigenvalue weighted by Gasteiger charge is 2.25. The zero-order chi connectivity index (χ0) is 9.97. The van der Waals surface area contributed by atoms with Gasteiger partial charge in [0.05, 0.1) is 7.11 Å². The first kappa shape index (κ1) is 9.53. The van der Waals surface area contributed by atoms with Crippen LogP contribution in [0.1, 0.15) is 24.0 Å². The largest absolute Gasteiger partial charge is 0.497 e. The minimum Gasteiger partial charge on any atom is -0.497 e. The summed E-state index contributed by atoms with van der Waals surface area (Å²) in [5.74, 6) is 1.67. The van der Waals surface area contributed by atoms with Gasteiger partial charge in [0, 0.05) is 12.5 Å². The van der Waals surface area contributed by atoms with E-state index in [9.17, 15) is 0 Å². The number of likely N-dealkylation sites (N-methyl/N-ethyl adjacent to an activating group) is 1. The van der Waals surface area contributed by atoms with Crippen molar-refractivity contribution in [2.45, 2.75) is 19.3 Å². The summed E-state index contributed by atoms with van der Waals surface area (Å²) in [5, 5.41) is 3.39. The molecule has 0 radical (unpaired) electrons. The van der Waals surface area contributed by atoms with Crippen molar-refractivity contribution in [3.05, 3.63) is 29.3 Å². The van der Waals surface area contributed by atoms with Crippen LogP contribution in [-0.4, -0.2) is 20.2 Å². The van der Waals surface area contributed by atoms with Crippen LogP contribution < -0.4 is 10.1 Å². The van der Waals surface area contributed by atoms with Crippen molar-refractivity contribution in [2.75, 3.05) is 20.2 Å². The first-order valence-electron chi connectivity index (χ1n) is 5.22. The number of benzene rings is 1. The highest BCUT2D eigenvalue weighted by molar-refractivity contribution is 5.45. The van der Waals surface area contributed by atoms with Gasteiger partial charge in [-0.2, -0.15) is 0 Å². The van der Waals surface area contributed by atoms with Crippen LogP contribution in [0.4, 0.5) is 0 Å². The van der Waals surface area contributed by atoms with Gasteiger partial charge in [-0.25, -0.2) is 0 Å². The highest BCUT2D eigenvalue weighted by atomic mass is 16.5. The Bertz CT molecular complexity index is 322. The van der Waals surface area contributed by atoms with E-state index >= 15 is 0 Å². The summed E-state index contributed by atoms with van der Waals surface area (Å²) in [6.45, 7) is 4.29. The first-order valence-corrected chi connectivity index (χ1v) is 5.22. The van der Waals surface area contributed by atoms with Gasteiger partial charge in [-0.3, -0.25) is 0 Å². The van der Waals surface area contributed by atoms with Crippen LogP contribution in [0.15, 0.2) is 18.2 Å². The fourth-order valence-corrected chi connectivity index (χ4v) is 2.01. The second kappa shape index (κ2) is 4.01. The van der Waals surface area contributed by atoms with E-state index in [2.05, 4.69) is 24.4 Å². The van der Waals surface area contributed by atoms with Crippen LogP contribution in [0.2, 0.25) is 0 Å². The second-order valence-electron chi connectivity index (χ2n) is 3.77. The number of ether oxygens (including phenoxy) is 1. The van der Waals surface area contributed by atoms with Gasteiger partial charge in [0.2, 0.25) is 0 Å². The molecule has 2 nitrogen and oxygen atoms in total. The van der Waals surface area contributed by atoms with Crippen LogP contribution in [0.3, 0.4) is 0 Å². The number of hydrogen-bond donors (Lipinski definition) is 1. The lowest BCUT2D eigenvalue weighted by Crippen LogP contribution is -2.28. The van der Waals surface area contributed by atoms with Gasteiger partial charge >= 0.3 is 0 Å². The molecule has 2 heteroatoms. The van der Waals surface area contributed by atoms with Gasteiger partial charge in [0.25, 0.3) is 0 Å². The van der Waals surface area contributed by atoms with Gasteiger partial charge in [-0.1, -0.05) is 13.0 Å². The van der Waals surface area contributed by atoms with Crippen LogP contribution in [-0.2, 0) is 6.42 Å². The summed E-state index contributed by atoms with van der Waals surface area (Å²) in [6, 6.07) is 6.39. The average Bonchev–Trinajstić information content (AvgIpc) is 2.20. The normalized spacial score (nSPS) is 18.6. The van der Waals surface area contributed by atoms with Crippen molar-refractivity contribution < 1.29 is 4.74 Å². The topological polar surface area (TPSA) is 21.3 Å². The van der Waals surface area contributed by atoms with Gasteiger partial charge < -0.3 is 10.1 Å². The molecule has 2 rings (SSSR count). The summed E-state index contributed by atoms with van der Waals surface area (Å²) < 4.78 is 5.22. The van der Waals surface area contributed by atoms with E-state index in [1.165, 1.54) is 17.5 Å². The highest BCUT2D eigenvalue weighted by Crippen LogP contribution is 2.36. The monoisotopic (exact) mass is 191 g/mol. The number of nitrogens with one attached hydrogen (secondary N) is 1. The Balaban J connectivity index is 2.07. The molecule has 1 aliphatic rings. The summed E-state index contributed by atoms with van der Waals surface area (Å²) in [6.07, 6.45) is 1.21. The molecule has 1 N–H and O–H groups in total. The third-order valence-corrected chi connectivity index (χ3v) is 2.90. The molecule has 0 fully saturated rings. The van der Waals surface area contributed by atoms with E-state index < -0.39 is 0 Å². The van der Waals surface area contributed by atoms with Crippen LogP contribution >= 0.6 is 0 Å². The lowest BCUT2D eigenvalue weighted by molar-refractivity contribution is 0.411.